The van der Waals surface area contributed by atoms with Crippen LogP contribution in [0.5, 0.6) is 5.75 Å². The molecule has 0 radical (unpaired) electrons. The van der Waals surface area contributed by atoms with Gasteiger partial charge < -0.3 is 19.3 Å². The average molecular weight is 472 g/mol. The average Bonchev–Trinajstić information content (AvgIpc) is 3.19. The number of aryl methyl sites for hydroxylation is 1. The Morgan fingerprint density at radius 1 is 1.19 bits per heavy atom. The van der Waals surface area contributed by atoms with Crippen LogP contribution >= 0.6 is 22.9 Å². The van der Waals surface area contributed by atoms with Gasteiger partial charge in [0.1, 0.15) is 22.2 Å². The van der Waals surface area contributed by atoms with Gasteiger partial charge in [-0.3, -0.25) is 4.79 Å². The monoisotopic (exact) mass is 471 g/mol. The lowest BCUT2D eigenvalue weighted by Crippen LogP contribution is -2.37. The number of anilines is 1. The molecule has 6 nitrogen and oxygen atoms in total. The summed E-state index contributed by atoms with van der Waals surface area (Å²) in [6, 6.07) is 15.4. The number of carbonyl (C=O) groups is 1. The quantitative estimate of drug-likeness (QED) is 0.495. The third kappa shape index (κ3) is 5.41. The standard InChI is InChI=1S/C24H26ClN3O3S/c1-17-23(32-22(26-17)16-31-20-9-7-19(25)8-10-20)24(29)27(2)15-18-5-3-4-6-21(18)28-11-13-30-14-12-28/h3-10H,11-16H2,1-2H3. The molecule has 168 valence electrons. The number of thiazole rings is 1. The van der Waals surface area contributed by atoms with Gasteiger partial charge in [-0.2, -0.15) is 0 Å². The molecular formula is C24H26ClN3O3S. The number of carbonyl (C=O) groups excluding carboxylic acids is 1. The maximum Gasteiger partial charge on any atom is 0.265 e. The summed E-state index contributed by atoms with van der Waals surface area (Å²) >= 11 is 7.29. The Morgan fingerprint density at radius 3 is 2.66 bits per heavy atom. The Bertz CT molecular complexity index is 1060. The fourth-order valence-corrected chi connectivity index (χ4v) is 4.74. The van der Waals surface area contributed by atoms with Gasteiger partial charge in [-0.15, -0.1) is 11.3 Å². The van der Waals surface area contributed by atoms with Crippen LogP contribution in [0.3, 0.4) is 0 Å². The maximum absolute atomic E-state index is 13.2. The molecule has 0 saturated carbocycles. The number of para-hydroxylation sites is 1. The SMILES string of the molecule is Cc1nc(COc2ccc(Cl)cc2)sc1C(=O)N(C)Cc1ccccc1N1CCOCC1. The van der Waals surface area contributed by atoms with Crippen molar-refractivity contribution in [3.05, 3.63) is 74.7 Å². The first-order valence-corrected chi connectivity index (χ1v) is 11.7. The van der Waals surface area contributed by atoms with E-state index in [1.54, 1.807) is 17.0 Å². The third-order valence-corrected chi connectivity index (χ3v) is 6.68. The van der Waals surface area contributed by atoms with Crippen LogP contribution in [-0.4, -0.2) is 49.1 Å². The van der Waals surface area contributed by atoms with Crippen molar-refractivity contribution in [3.8, 4) is 5.75 Å². The van der Waals surface area contributed by atoms with Crippen molar-refractivity contribution in [1.82, 2.24) is 9.88 Å². The minimum Gasteiger partial charge on any atom is -0.486 e. The molecule has 1 aromatic heterocycles. The van der Waals surface area contributed by atoms with E-state index >= 15 is 0 Å². The number of ether oxygens (including phenoxy) is 2. The smallest absolute Gasteiger partial charge is 0.265 e. The molecule has 0 bridgehead atoms. The van der Waals surface area contributed by atoms with Crippen molar-refractivity contribution < 1.29 is 14.3 Å². The summed E-state index contributed by atoms with van der Waals surface area (Å²) in [5.74, 6) is 0.682. The number of nitrogens with zero attached hydrogens (tertiary/aromatic N) is 3. The van der Waals surface area contributed by atoms with Crippen LogP contribution in [0.1, 0.15) is 25.9 Å². The van der Waals surface area contributed by atoms with Gasteiger partial charge in [0.25, 0.3) is 5.91 Å². The highest BCUT2D eigenvalue weighted by molar-refractivity contribution is 7.13. The zero-order valence-corrected chi connectivity index (χ0v) is 19.8. The topological polar surface area (TPSA) is 54.9 Å². The molecule has 8 heteroatoms. The van der Waals surface area contributed by atoms with Crippen molar-refractivity contribution in [2.24, 2.45) is 0 Å². The Morgan fingerprint density at radius 2 is 1.91 bits per heavy atom. The highest BCUT2D eigenvalue weighted by atomic mass is 35.5. The van der Waals surface area contributed by atoms with Crippen LogP contribution in [-0.2, 0) is 17.9 Å². The predicted octanol–water partition coefficient (Wildman–Crippen LogP) is 4.79. The van der Waals surface area contributed by atoms with Crippen molar-refractivity contribution >= 4 is 34.5 Å². The zero-order valence-electron chi connectivity index (χ0n) is 18.2. The number of rotatable bonds is 7. The van der Waals surface area contributed by atoms with E-state index in [2.05, 4.69) is 22.0 Å². The van der Waals surface area contributed by atoms with E-state index in [0.717, 1.165) is 48.3 Å². The molecule has 2 aromatic carbocycles. The molecule has 32 heavy (non-hydrogen) atoms. The highest BCUT2D eigenvalue weighted by Gasteiger charge is 2.21. The first kappa shape index (κ1) is 22.6. The molecule has 1 aliphatic rings. The first-order chi connectivity index (χ1) is 15.5. The van der Waals surface area contributed by atoms with Crippen LogP contribution in [0.4, 0.5) is 5.69 Å². The van der Waals surface area contributed by atoms with Gasteiger partial charge in [0, 0.05) is 37.4 Å². The zero-order chi connectivity index (χ0) is 22.5. The highest BCUT2D eigenvalue weighted by Crippen LogP contribution is 2.26. The summed E-state index contributed by atoms with van der Waals surface area (Å²) < 4.78 is 11.3. The van der Waals surface area contributed by atoms with Gasteiger partial charge in [-0.1, -0.05) is 29.8 Å². The number of hydrogen-bond donors (Lipinski definition) is 0. The number of benzene rings is 2. The van der Waals surface area contributed by atoms with Crippen molar-refractivity contribution in [2.45, 2.75) is 20.1 Å². The van der Waals surface area contributed by atoms with E-state index in [9.17, 15) is 4.79 Å². The minimum atomic E-state index is -0.0328. The van der Waals surface area contributed by atoms with E-state index in [0.29, 0.717) is 28.8 Å². The first-order valence-electron chi connectivity index (χ1n) is 10.5. The molecular weight excluding hydrogens is 446 g/mol. The Hall–Kier alpha value is -2.61. The molecule has 2 heterocycles. The molecule has 3 aromatic rings. The second-order valence-corrected chi connectivity index (χ2v) is 9.17. The van der Waals surface area contributed by atoms with Gasteiger partial charge in [0.05, 0.1) is 18.9 Å². The molecule has 0 atom stereocenters. The van der Waals surface area contributed by atoms with E-state index in [-0.39, 0.29) is 5.91 Å². The van der Waals surface area contributed by atoms with E-state index in [4.69, 9.17) is 21.1 Å². The van der Waals surface area contributed by atoms with Crippen LogP contribution in [0.2, 0.25) is 5.02 Å². The predicted molar refractivity (Wildman–Crippen MR) is 128 cm³/mol. The Balaban J connectivity index is 1.42. The molecule has 1 amide bonds. The number of aromatic nitrogens is 1. The van der Waals surface area contributed by atoms with E-state index < -0.39 is 0 Å². The van der Waals surface area contributed by atoms with Crippen LogP contribution in [0, 0.1) is 6.92 Å². The van der Waals surface area contributed by atoms with E-state index in [1.807, 2.05) is 38.2 Å². The number of amides is 1. The lowest BCUT2D eigenvalue weighted by Gasteiger charge is -2.31. The van der Waals surface area contributed by atoms with Gasteiger partial charge >= 0.3 is 0 Å². The van der Waals surface area contributed by atoms with Crippen LogP contribution in [0.25, 0.3) is 0 Å². The lowest BCUT2D eigenvalue weighted by molar-refractivity contribution is 0.0788. The van der Waals surface area contributed by atoms with Gasteiger partial charge in [-0.25, -0.2) is 4.98 Å². The van der Waals surface area contributed by atoms with E-state index in [1.165, 1.54) is 11.3 Å². The van der Waals surface area contributed by atoms with Gasteiger partial charge in [0.15, 0.2) is 0 Å². The molecule has 0 aliphatic carbocycles. The maximum atomic E-state index is 13.2. The summed E-state index contributed by atoms with van der Waals surface area (Å²) in [7, 11) is 1.83. The molecule has 1 saturated heterocycles. The summed E-state index contributed by atoms with van der Waals surface area (Å²) in [6.45, 7) is 5.88. The number of morpholine rings is 1. The van der Waals surface area contributed by atoms with Gasteiger partial charge in [0.2, 0.25) is 0 Å². The molecule has 0 spiro atoms. The lowest BCUT2D eigenvalue weighted by atomic mass is 10.1. The Kier molecular flexibility index (Phi) is 7.29. The fourth-order valence-electron chi connectivity index (χ4n) is 3.65. The van der Waals surface area contributed by atoms with Crippen molar-refractivity contribution in [2.75, 3.05) is 38.3 Å². The summed E-state index contributed by atoms with van der Waals surface area (Å²) in [5, 5.41) is 1.43. The number of halogens is 1. The van der Waals surface area contributed by atoms with Crippen molar-refractivity contribution in [1.29, 1.82) is 0 Å². The van der Waals surface area contributed by atoms with Crippen LogP contribution < -0.4 is 9.64 Å². The summed E-state index contributed by atoms with van der Waals surface area (Å²) in [6.07, 6.45) is 0. The molecule has 1 fully saturated rings. The molecule has 1 aliphatic heterocycles. The van der Waals surface area contributed by atoms with Crippen molar-refractivity contribution in [3.63, 3.8) is 0 Å². The number of hydrogen-bond acceptors (Lipinski definition) is 6. The normalized spacial score (nSPS) is 13.8. The summed E-state index contributed by atoms with van der Waals surface area (Å²) in [5.41, 5.74) is 3.01. The molecule has 4 rings (SSSR count). The minimum absolute atomic E-state index is 0.0328. The summed E-state index contributed by atoms with van der Waals surface area (Å²) in [4.78, 5) is 22.5. The van der Waals surface area contributed by atoms with Crippen LogP contribution in [0.15, 0.2) is 48.5 Å². The largest absolute Gasteiger partial charge is 0.486 e. The second kappa shape index (κ2) is 10.3. The third-order valence-electron chi connectivity index (χ3n) is 5.31. The van der Waals surface area contributed by atoms with Gasteiger partial charge in [-0.05, 0) is 42.8 Å². The molecule has 0 N–H and O–H groups in total. The fraction of sp³-hybridized carbons (Fsp3) is 0.333. The Labute approximate surface area is 197 Å². The second-order valence-electron chi connectivity index (χ2n) is 7.65. The molecule has 0 unspecified atom stereocenters.